The van der Waals surface area contributed by atoms with Gasteiger partial charge in [0.25, 0.3) is 0 Å². The number of aromatic nitrogens is 2. The van der Waals surface area contributed by atoms with Crippen molar-refractivity contribution < 1.29 is 14.6 Å². The van der Waals surface area contributed by atoms with E-state index < -0.39 is 0 Å². The third kappa shape index (κ3) is 2.85. The van der Waals surface area contributed by atoms with Crippen LogP contribution in [0.3, 0.4) is 0 Å². The third-order valence-corrected chi connectivity index (χ3v) is 2.22. The van der Waals surface area contributed by atoms with E-state index in [1.165, 1.54) is 4.68 Å². The summed E-state index contributed by atoms with van der Waals surface area (Å²) >= 11 is 0. The van der Waals surface area contributed by atoms with Crippen molar-refractivity contribution in [2.24, 2.45) is 0 Å². The first-order valence-electron chi connectivity index (χ1n) is 5.12. The molecule has 2 aromatic heterocycles. The van der Waals surface area contributed by atoms with Crippen molar-refractivity contribution in [3.63, 3.8) is 0 Å². The maximum Gasteiger partial charge on any atom is 0.305 e. The maximum absolute atomic E-state index is 11.8. The van der Waals surface area contributed by atoms with Gasteiger partial charge in [-0.3, -0.25) is 9.78 Å². The van der Waals surface area contributed by atoms with Crippen molar-refractivity contribution >= 4 is 5.91 Å². The van der Waals surface area contributed by atoms with Crippen LogP contribution in [0.1, 0.15) is 15.9 Å². The number of carbonyl (C=O) groups is 1. The minimum absolute atomic E-state index is 0.0635. The van der Waals surface area contributed by atoms with E-state index in [2.05, 4.69) is 10.4 Å². The van der Waals surface area contributed by atoms with E-state index >= 15 is 0 Å². The average Bonchev–Trinajstić information content (AvgIpc) is 2.40. The van der Waals surface area contributed by atoms with E-state index in [9.17, 15) is 4.79 Å². The summed E-state index contributed by atoms with van der Waals surface area (Å²) in [5.41, 5.74) is 3.93. The molecule has 86 valence electrons. The highest BCUT2D eigenvalue weighted by molar-refractivity contribution is 5.98. The molecule has 2 heterocycles. The van der Waals surface area contributed by atoms with Crippen molar-refractivity contribution in [1.29, 1.82) is 0 Å². The van der Waals surface area contributed by atoms with E-state index in [0.717, 1.165) is 5.56 Å². The molecule has 0 saturated heterocycles. The molecule has 0 spiro atoms. The highest BCUT2D eigenvalue weighted by Crippen LogP contribution is 1.96. The van der Waals surface area contributed by atoms with Crippen LogP contribution in [0.5, 0.6) is 0 Å². The van der Waals surface area contributed by atoms with Gasteiger partial charge in [-0.05, 0) is 18.2 Å². The molecule has 2 rings (SSSR count). The number of hydrogen-bond acceptors (Lipinski definition) is 3. The molecule has 2 N–H and O–H groups in total. The summed E-state index contributed by atoms with van der Waals surface area (Å²) in [6, 6.07) is 6.78. The fourth-order valence-corrected chi connectivity index (χ4v) is 1.37. The Morgan fingerprint density at radius 2 is 2.12 bits per heavy atom. The first kappa shape index (κ1) is 11.2. The molecule has 0 aliphatic carbocycles. The Morgan fingerprint density at radius 1 is 1.35 bits per heavy atom. The second-order valence-corrected chi connectivity index (χ2v) is 3.45. The molecular formula is C12H12N3O2+. The van der Waals surface area contributed by atoms with Gasteiger partial charge in [-0.15, -0.1) is 5.43 Å². The predicted octanol–water partition coefficient (Wildman–Crippen LogP) is 0.245. The van der Waals surface area contributed by atoms with Crippen LogP contribution < -0.4 is 10.1 Å². The number of amides is 1. The zero-order valence-corrected chi connectivity index (χ0v) is 9.08. The van der Waals surface area contributed by atoms with Gasteiger partial charge in [-0.2, -0.15) is 0 Å². The molecule has 0 unspecified atom stereocenters. The van der Waals surface area contributed by atoms with E-state index in [0.29, 0.717) is 5.56 Å². The average molecular weight is 230 g/mol. The zero-order valence-electron chi connectivity index (χ0n) is 9.08. The van der Waals surface area contributed by atoms with Gasteiger partial charge in [0, 0.05) is 29.6 Å². The fraction of sp³-hybridized carbons (Fsp3) is 0.0833. The highest BCUT2D eigenvalue weighted by Gasteiger charge is 2.10. The smallest absolute Gasteiger partial charge is 0.305 e. The Balaban J connectivity index is 2.13. The Kier molecular flexibility index (Phi) is 3.42. The Bertz CT molecular complexity index is 514. The SMILES string of the molecule is O=C(N[n+]1cccc(CO)c1)c1ccncc1. The first-order valence-corrected chi connectivity index (χ1v) is 5.12. The van der Waals surface area contributed by atoms with Gasteiger partial charge in [-0.25, -0.2) is 0 Å². The lowest BCUT2D eigenvalue weighted by Gasteiger charge is -2.00. The van der Waals surface area contributed by atoms with Crippen molar-refractivity contribution in [3.05, 3.63) is 60.2 Å². The zero-order chi connectivity index (χ0) is 12.1. The number of nitrogens with zero attached hydrogens (tertiary/aromatic N) is 2. The summed E-state index contributed by atoms with van der Waals surface area (Å²) < 4.78 is 1.51. The molecule has 0 aliphatic rings. The van der Waals surface area contributed by atoms with Crippen molar-refractivity contribution in [2.75, 3.05) is 5.43 Å². The first-order chi connectivity index (χ1) is 8.29. The monoisotopic (exact) mass is 230 g/mol. The van der Waals surface area contributed by atoms with E-state index in [-0.39, 0.29) is 12.5 Å². The molecule has 5 nitrogen and oxygen atoms in total. The maximum atomic E-state index is 11.8. The van der Waals surface area contributed by atoms with Gasteiger partial charge in [0.15, 0.2) is 6.20 Å². The Hall–Kier alpha value is -2.27. The van der Waals surface area contributed by atoms with Crippen LogP contribution in [-0.4, -0.2) is 16.0 Å². The second-order valence-electron chi connectivity index (χ2n) is 3.45. The van der Waals surface area contributed by atoms with Crippen molar-refractivity contribution in [2.45, 2.75) is 6.61 Å². The minimum Gasteiger partial charge on any atom is -0.391 e. The van der Waals surface area contributed by atoms with E-state index in [1.807, 2.05) is 0 Å². The fourth-order valence-electron chi connectivity index (χ4n) is 1.37. The molecule has 0 atom stereocenters. The number of carbonyl (C=O) groups excluding carboxylic acids is 1. The normalized spacial score (nSPS) is 9.94. The van der Waals surface area contributed by atoms with Crippen LogP contribution in [0.4, 0.5) is 0 Å². The molecule has 1 amide bonds. The van der Waals surface area contributed by atoms with Crippen LogP contribution in [0, 0.1) is 0 Å². The number of hydrogen-bond donors (Lipinski definition) is 2. The molecule has 0 aromatic carbocycles. The molecule has 5 heteroatoms. The number of aliphatic hydroxyl groups excluding tert-OH is 1. The molecule has 0 radical (unpaired) electrons. The number of rotatable bonds is 3. The number of pyridine rings is 2. The van der Waals surface area contributed by atoms with Crippen LogP contribution in [0.25, 0.3) is 0 Å². The molecule has 17 heavy (non-hydrogen) atoms. The summed E-state index contributed by atoms with van der Waals surface area (Å²) in [5, 5.41) is 8.98. The molecule has 0 fully saturated rings. The highest BCUT2D eigenvalue weighted by atomic mass is 16.3. The Labute approximate surface area is 98.3 Å². The third-order valence-electron chi connectivity index (χ3n) is 2.22. The lowest BCUT2D eigenvalue weighted by atomic mass is 10.2. The summed E-state index contributed by atoms with van der Waals surface area (Å²) in [4.78, 5) is 15.6. The summed E-state index contributed by atoms with van der Waals surface area (Å²) in [7, 11) is 0. The predicted molar refractivity (Wildman–Crippen MR) is 60.5 cm³/mol. The number of nitrogens with one attached hydrogen (secondary N) is 1. The summed E-state index contributed by atoms with van der Waals surface area (Å²) in [6.45, 7) is -0.0635. The van der Waals surface area contributed by atoms with Gasteiger partial charge in [0.1, 0.15) is 0 Å². The lowest BCUT2D eigenvalue weighted by molar-refractivity contribution is -0.641. The van der Waals surface area contributed by atoms with E-state index in [1.54, 1.807) is 49.1 Å². The van der Waals surface area contributed by atoms with Crippen LogP contribution in [-0.2, 0) is 6.61 Å². The molecule has 0 bridgehead atoms. The lowest BCUT2D eigenvalue weighted by Crippen LogP contribution is -2.48. The van der Waals surface area contributed by atoms with Gasteiger partial charge in [0.2, 0.25) is 6.20 Å². The standard InChI is InChI=1S/C12H11N3O2/c16-9-10-2-1-7-15(8-10)14-12(17)11-3-5-13-6-4-11/h1-8,16H,9H2/p+1. The van der Waals surface area contributed by atoms with Crippen molar-refractivity contribution in [3.8, 4) is 0 Å². The Morgan fingerprint density at radius 3 is 2.82 bits per heavy atom. The molecule has 0 aliphatic heterocycles. The topological polar surface area (TPSA) is 66.1 Å². The number of aliphatic hydroxyl groups is 1. The van der Waals surface area contributed by atoms with Crippen molar-refractivity contribution in [1.82, 2.24) is 4.98 Å². The van der Waals surface area contributed by atoms with E-state index in [4.69, 9.17) is 5.11 Å². The molecule has 0 saturated carbocycles. The van der Waals surface area contributed by atoms with Gasteiger partial charge in [-0.1, -0.05) is 4.68 Å². The largest absolute Gasteiger partial charge is 0.391 e. The molecule has 2 aromatic rings. The van der Waals surface area contributed by atoms with Gasteiger partial charge >= 0.3 is 5.91 Å². The summed E-state index contributed by atoms with van der Waals surface area (Å²) in [5.74, 6) is -0.229. The van der Waals surface area contributed by atoms with Gasteiger partial charge < -0.3 is 5.11 Å². The molecular weight excluding hydrogens is 218 g/mol. The minimum atomic E-state index is -0.229. The van der Waals surface area contributed by atoms with Crippen LogP contribution >= 0.6 is 0 Å². The van der Waals surface area contributed by atoms with Gasteiger partial charge in [0.05, 0.1) is 6.61 Å². The quantitative estimate of drug-likeness (QED) is 0.742. The second kappa shape index (κ2) is 5.18. The van der Waals surface area contributed by atoms with Crippen LogP contribution in [0.2, 0.25) is 0 Å². The van der Waals surface area contributed by atoms with Crippen LogP contribution in [0.15, 0.2) is 49.1 Å². The summed E-state index contributed by atoms with van der Waals surface area (Å²) in [6.07, 6.45) is 6.46.